The van der Waals surface area contributed by atoms with E-state index in [1.807, 2.05) is 0 Å². The van der Waals surface area contributed by atoms with Crippen LogP contribution in [0.4, 0.5) is 26.3 Å². The average molecular weight is 341 g/mol. The molecular weight excluding hydrogens is 332 g/mol. The van der Waals surface area contributed by atoms with E-state index in [-0.39, 0.29) is 17.2 Å². The topological polar surface area (TPSA) is 12.9 Å². The molecule has 0 aliphatic carbocycles. The summed E-state index contributed by atoms with van der Waals surface area (Å²) in [6.07, 6.45) is -6.81. The minimum Gasteiger partial charge on any atom is -0.264 e. The van der Waals surface area contributed by atoms with Crippen molar-refractivity contribution in [1.29, 1.82) is 0 Å². The Hall–Kier alpha value is -2.57. The van der Waals surface area contributed by atoms with Gasteiger partial charge in [-0.2, -0.15) is 26.3 Å². The predicted molar refractivity (Wildman–Crippen MR) is 77.2 cm³/mol. The Kier molecular flexibility index (Phi) is 3.74. The van der Waals surface area contributed by atoms with Gasteiger partial charge in [-0.25, -0.2) is 0 Å². The van der Waals surface area contributed by atoms with E-state index in [1.54, 1.807) is 18.2 Å². The van der Waals surface area contributed by atoms with Crippen molar-refractivity contribution in [3.63, 3.8) is 0 Å². The molecule has 0 atom stereocenters. The van der Waals surface area contributed by atoms with Gasteiger partial charge in [-0.1, -0.05) is 18.2 Å². The Bertz CT molecular complexity index is 858. The summed E-state index contributed by atoms with van der Waals surface area (Å²) in [5, 5.41) is 1.15. The highest BCUT2D eigenvalue weighted by Crippen LogP contribution is 2.39. The summed E-state index contributed by atoms with van der Waals surface area (Å²) in [4.78, 5) is 3.90. The summed E-state index contributed by atoms with van der Waals surface area (Å²) in [6.45, 7) is 0. The molecule has 1 aromatic heterocycles. The van der Waals surface area contributed by atoms with Crippen LogP contribution < -0.4 is 0 Å². The van der Waals surface area contributed by atoms with Crippen molar-refractivity contribution in [3.05, 3.63) is 66.0 Å². The number of benzene rings is 2. The van der Waals surface area contributed by atoms with Gasteiger partial charge in [0.05, 0.1) is 11.1 Å². The van der Waals surface area contributed by atoms with E-state index < -0.39 is 23.5 Å². The van der Waals surface area contributed by atoms with Gasteiger partial charge in [-0.05, 0) is 40.8 Å². The smallest absolute Gasteiger partial charge is 0.264 e. The van der Waals surface area contributed by atoms with Crippen LogP contribution in [0.5, 0.6) is 0 Å². The van der Waals surface area contributed by atoms with Gasteiger partial charge < -0.3 is 0 Å². The van der Waals surface area contributed by atoms with E-state index in [1.165, 1.54) is 18.5 Å². The molecule has 7 heteroatoms. The Labute approximate surface area is 132 Å². The Morgan fingerprint density at radius 3 is 1.96 bits per heavy atom. The number of hydrogen-bond acceptors (Lipinski definition) is 1. The lowest BCUT2D eigenvalue weighted by Gasteiger charge is -2.15. The molecule has 0 spiro atoms. The van der Waals surface area contributed by atoms with Gasteiger partial charge in [0.15, 0.2) is 0 Å². The first kappa shape index (κ1) is 16.3. The summed E-state index contributed by atoms with van der Waals surface area (Å²) < 4.78 is 77.9. The van der Waals surface area contributed by atoms with Crippen molar-refractivity contribution in [3.8, 4) is 11.1 Å². The second-order valence-electron chi connectivity index (χ2n) is 5.20. The van der Waals surface area contributed by atoms with Gasteiger partial charge in [0.2, 0.25) is 0 Å². The zero-order chi connectivity index (χ0) is 17.5. The molecule has 24 heavy (non-hydrogen) atoms. The highest BCUT2D eigenvalue weighted by molar-refractivity contribution is 5.96. The van der Waals surface area contributed by atoms with Crippen molar-refractivity contribution < 1.29 is 26.3 Å². The van der Waals surface area contributed by atoms with Crippen molar-refractivity contribution in [2.24, 2.45) is 0 Å². The number of aromatic nitrogens is 1. The van der Waals surface area contributed by atoms with Gasteiger partial charge in [-0.3, -0.25) is 4.98 Å². The van der Waals surface area contributed by atoms with E-state index in [0.717, 1.165) is 12.1 Å². The van der Waals surface area contributed by atoms with Crippen LogP contribution in [-0.4, -0.2) is 4.98 Å². The van der Waals surface area contributed by atoms with Crippen LogP contribution in [0.1, 0.15) is 11.1 Å². The zero-order valence-electron chi connectivity index (χ0n) is 11.9. The van der Waals surface area contributed by atoms with E-state index in [0.29, 0.717) is 10.8 Å². The molecule has 0 radical (unpaired) electrons. The molecule has 0 aliphatic heterocycles. The van der Waals surface area contributed by atoms with Crippen LogP contribution in [-0.2, 0) is 12.4 Å². The van der Waals surface area contributed by atoms with Gasteiger partial charge >= 0.3 is 12.4 Å². The van der Waals surface area contributed by atoms with Crippen LogP contribution in [0, 0.1) is 0 Å². The van der Waals surface area contributed by atoms with Crippen molar-refractivity contribution in [1.82, 2.24) is 4.98 Å². The lowest BCUT2D eigenvalue weighted by Crippen LogP contribution is -2.11. The molecule has 0 aliphatic rings. The monoisotopic (exact) mass is 341 g/mol. The molecule has 0 saturated heterocycles. The maximum Gasteiger partial charge on any atom is 0.416 e. The predicted octanol–water partition coefficient (Wildman–Crippen LogP) is 5.94. The third-order valence-electron chi connectivity index (χ3n) is 3.58. The summed E-state index contributed by atoms with van der Waals surface area (Å²) in [5.74, 6) is 0. The lowest BCUT2D eigenvalue weighted by molar-refractivity contribution is -0.143. The molecule has 0 N–H and O–H groups in total. The molecule has 0 fully saturated rings. The maximum absolute atomic E-state index is 13.0. The molecule has 2 aromatic carbocycles. The second-order valence-corrected chi connectivity index (χ2v) is 5.20. The average Bonchev–Trinajstić information content (AvgIpc) is 2.52. The molecule has 3 aromatic rings. The van der Waals surface area contributed by atoms with E-state index >= 15 is 0 Å². The van der Waals surface area contributed by atoms with Crippen LogP contribution in [0.2, 0.25) is 0 Å². The van der Waals surface area contributed by atoms with Gasteiger partial charge in [0.25, 0.3) is 0 Å². The highest BCUT2D eigenvalue weighted by Gasteiger charge is 2.37. The summed E-state index contributed by atoms with van der Waals surface area (Å²) in [6, 6.07) is 7.86. The van der Waals surface area contributed by atoms with E-state index in [4.69, 9.17) is 0 Å². The second kappa shape index (κ2) is 5.51. The van der Waals surface area contributed by atoms with Crippen molar-refractivity contribution in [2.45, 2.75) is 12.4 Å². The Balaban J connectivity index is 2.30. The normalized spacial score (nSPS) is 12.6. The maximum atomic E-state index is 13.0. The molecule has 1 heterocycles. The third kappa shape index (κ3) is 3.06. The lowest BCUT2D eigenvalue weighted by atomic mass is 9.95. The molecule has 0 saturated carbocycles. The van der Waals surface area contributed by atoms with Crippen LogP contribution in [0.25, 0.3) is 21.9 Å². The van der Waals surface area contributed by atoms with Crippen LogP contribution in [0.3, 0.4) is 0 Å². The number of pyridine rings is 1. The largest absolute Gasteiger partial charge is 0.416 e. The molecule has 0 bridgehead atoms. The molecule has 0 unspecified atom stereocenters. The number of halogens is 6. The standard InChI is InChI=1S/C17H9F6N/c18-16(19,20)12-6-11(7-13(8-12)17(21,22)23)14-3-1-2-10-9-24-5-4-15(10)14/h1-9H. The molecule has 3 rings (SSSR count). The fourth-order valence-electron chi connectivity index (χ4n) is 2.48. The summed E-state index contributed by atoms with van der Waals surface area (Å²) in [5.41, 5.74) is -2.53. The Morgan fingerprint density at radius 1 is 0.750 bits per heavy atom. The fraction of sp³-hybridized carbons (Fsp3) is 0.118. The highest BCUT2D eigenvalue weighted by atomic mass is 19.4. The molecule has 1 nitrogen and oxygen atoms in total. The number of nitrogens with zero attached hydrogens (tertiary/aromatic N) is 1. The Morgan fingerprint density at radius 2 is 1.38 bits per heavy atom. The van der Waals surface area contributed by atoms with E-state index in [2.05, 4.69) is 4.98 Å². The summed E-state index contributed by atoms with van der Waals surface area (Å²) in [7, 11) is 0. The van der Waals surface area contributed by atoms with E-state index in [9.17, 15) is 26.3 Å². The quantitative estimate of drug-likeness (QED) is 0.499. The minimum absolute atomic E-state index is 0.121. The zero-order valence-corrected chi connectivity index (χ0v) is 11.9. The molecule has 0 amide bonds. The van der Waals surface area contributed by atoms with Crippen molar-refractivity contribution in [2.75, 3.05) is 0 Å². The number of rotatable bonds is 1. The SMILES string of the molecule is FC(F)(F)c1cc(-c2cccc3cnccc23)cc(C(F)(F)F)c1. The third-order valence-corrected chi connectivity index (χ3v) is 3.58. The number of fused-ring (bicyclic) bond motifs is 1. The number of alkyl halides is 6. The van der Waals surface area contributed by atoms with Gasteiger partial charge in [-0.15, -0.1) is 0 Å². The minimum atomic E-state index is -4.87. The van der Waals surface area contributed by atoms with Crippen LogP contribution >= 0.6 is 0 Å². The summed E-state index contributed by atoms with van der Waals surface area (Å²) >= 11 is 0. The first-order chi connectivity index (χ1) is 11.2. The van der Waals surface area contributed by atoms with Crippen molar-refractivity contribution >= 4 is 10.8 Å². The molecular formula is C17H9F6N. The first-order valence-electron chi connectivity index (χ1n) is 6.79. The van der Waals surface area contributed by atoms with Gasteiger partial charge in [0, 0.05) is 17.8 Å². The van der Waals surface area contributed by atoms with Crippen LogP contribution in [0.15, 0.2) is 54.9 Å². The number of hydrogen-bond donors (Lipinski definition) is 0. The fourth-order valence-corrected chi connectivity index (χ4v) is 2.48. The van der Waals surface area contributed by atoms with Gasteiger partial charge in [0.1, 0.15) is 0 Å². The molecule has 124 valence electrons. The first-order valence-corrected chi connectivity index (χ1v) is 6.79.